The number of aliphatic hydroxyl groups excluding tert-OH is 3. The van der Waals surface area contributed by atoms with Crippen LogP contribution in [0.5, 0.6) is 0 Å². The number of rotatable bonds is 4. The van der Waals surface area contributed by atoms with Gasteiger partial charge < -0.3 is 25.8 Å². The first-order valence-electron chi connectivity index (χ1n) is 5.70. The summed E-state index contributed by atoms with van der Waals surface area (Å²) in [6, 6.07) is 1.23. The molecule has 5 N–H and O–H groups in total. The van der Waals surface area contributed by atoms with Gasteiger partial charge in [-0.25, -0.2) is 4.79 Å². The zero-order valence-corrected chi connectivity index (χ0v) is 10.2. The van der Waals surface area contributed by atoms with Gasteiger partial charge in [0.1, 0.15) is 30.7 Å². The maximum Gasteiger partial charge on any atom is 0.352 e. The van der Waals surface area contributed by atoms with Crippen LogP contribution < -0.4 is 11.4 Å². The molecule has 4 atom stereocenters. The number of nitrogens with zero attached hydrogens (tertiary/aromatic N) is 2. The fourth-order valence-electron chi connectivity index (χ4n) is 2.19. The average molecular weight is 291 g/mol. The van der Waals surface area contributed by atoms with Crippen molar-refractivity contribution in [1.82, 2.24) is 9.55 Å². The Hall–Kier alpha value is -1.59. The minimum Gasteiger partial charge on any atom is -0.394 e. The highest BCUT2D eigenvalue weighted by Crippen LogP contribution is 2.35. The van der Waals surface area contributed by atoms with Crippen LogP contribution in [0.25, 0.3) is 0 Å². The highest BCUT2D eigenvalue weighted by Gasteiger charge is 2.56. The molecule has 1 aromatic heterocycles. The number of hydrogen-bond donors (Lipinski definition) is 4. The highest BCUT2D eigenvalue weighted by molar-refractivity contribution is 5.24. The number of nitrogens with two attached hydrogens (primary N) is 1. The molecule has 1 aliphatic heterocycles. The topological polar surface area (TPSA) is 140 Å². The lowest BCUT2D eigenvalue weighted by atomic mass is 10.0. The largest absolute Gasteiger partial charge is 0.394 e. The number of aromatic nitrogens is 2. The van der Waals surface area contributed by atoms with E-state index in [4.69, 9.17) is 15.6 Å². The Morgan fingerprint density at radius 2 is 2.30 bits per heavy atom. The molecule has 1 aliphatic rings. The molecule has 1 aromatic rings. The van der Waals surface area contributed by atoms with Crippen molar-refractivity contribution >= 4 is 5.82 Å². The first kappa shape index (κ1) is 14.8. The smallest absolute Gasteiger partial charge is 0.352 e. The molecular formula is C10H14FN3O6. The number of halogens is 1. The maximum absolute atomic E-state index is 12.3. The van der Waals surface area contributed by atoms with Gasteiger partial charge in [-0.05, 0) is 10.6 Å². The second-order valence-electron chi connectivity index (χ2n) is 4.38. The Balaban J connectivity index is 2.53. The van der Waals surface area contributed by atoms with Crippen LogP contribution in [0.2, 0.25) is 0 Å². The SMILES string of the molecule is Nc1ccn([C@]2(COF)O[C@H](CO)[C@@H](O)[C@H]2O)c(=O)n1. The zero-order chi connectivity index (χ0) is 14.9. The molecule has 2 heterocycles. The van der Waals surface area contributed by atoms with Crippen molar-refractivity contribution in [2.24, 2.45) is 0 Å². The van der Waals surface area contributed by atoms with Gasteiger partial charge in [-0.15, -0.1) is 0 Å². The molecule has 20 heavy (non-hydrogen) atoms. The average Bonchev–Trinajstić information content (AvgIpc) is 2.65. The van der Waals surface area contributed by atoms with Crippen LogP contribution in [0.4, 0.5) is 10.3 Å². The van der Waals surface area contributed by atoms with E-state index < -0.39 is 42.9 Å². The van der Waals surface area contributed by atoms with Crippen LogP contribution in [0.15, 0.2) is 17.1 Å². The molecule has 0 aromatic carbocycles. The highest BCUT2D eigenvalue weighted by atomic mass is 19.3. The molecule has 0 unspecified atom stereocenters. The molecule has 0 aliphatic carbocycles. The van der Waals surface area contributed by atoms with E-state index in [9.17, 15) is 19.5 Å². The number of aliphatic hydroxyl groups is 3. The third kappa shape index (κ3) is 2.17. The van der Waals surface area contributed by atoms with Crippen LogP contribution in [-0.4, -0.2) is 56.4 Å². The molecule has 0 radical (unpaired) electrons. The molecule has 9 nitrogen and oxygen atoms in total. The van der Waals surface area contributed by atoms with E-state index in [0.29, 0.717) is 0 Å². The van der Waals surface area contributed by atoms with Crippen LogP contribution >= 0.6 is 0 Å². The van der Waals surface area contributed by atoms with Crippen molar-refractivity contribution in [3.05, 3.63) is 22.7 Å². The summed E-state index contributed by atoms with van der Waals surface area (Å²) in [4.78, 5) is 18.7. The quantitative estimate of drug-likeness (QED) is 0.477. The molecule has 0 spiro atoms. The Labute approximate surface area is 111 Å². The van der Waals surface area contributed by atoms with Gasteiger partial charge in [-0.1, -0.05) is 0 Å². The summed E-state index contributed by atoms with van der Waals surface area (Å²) < 4.78 is 18.3. The second-order valence-corrected chi connectivity index (χ2v) is 4.38. The van der Waals surface area contributed by atoms with Crippen molar-refractivity contribution < 1.29 is 29.5 Å². The summed E-state index contributed by atoms with van der Waals surface area (Å²) in [5, 5.41) is 28.9. The normalized spacial score (nSPS) is 33.5. The predicted molar refractivity (Wildman–Crippen MR) is 61.9 cm³/mol. The van der Waals surface area contributed by atoms with Gasteiger partial charge >= 0.3 is 5.69 Å². The van der Waals surface area contributed by atoms with E-state index >= 15 is 0 Å². The van der Waals surface area contributed by atoms with Gasteiger partial charge in [0.05, 0.1) is 6.61 Å². The molecule has 1 saturated heterocycles. The summed E-state index contributed by atoms with van der Waals surface area (Å²) >= 11 is 0. The summed E-state index contributed by atoms with van der Waals surface area (Å²) in [5.41, 5.74) is 2.37. The zero-order valence-electron chi connectivity index (χ0n) is 10.2. The van der Waals surface area contributed by atoms with Crippen molar-refractivity contribution in [3.63, 3.8) is 0 Å². The van der Waals surface area contributed by atoms with E-state index in [2.05, 4.69) is 9.93 Å². The van der Waals surface area contributed by atoms with Gasteiger partial charge in [-0.2, -0.15) is 9.93 Å². The molecule has 10 heteroatoms. The van der Waals surface area contributed by atoms with E-state index in [-0.39, 0.29) is 5.82 Å². The van der Waals surface area contributed by atoms with Crippen molar-refractivity contribution in [2.75, 3.05) is 18.9 Å². The molecule has 0 amide bonds. The third-order valence-electron chi connectivity index (χ3n) is 3.20. The van der Waals surface area contributed by atoms with Gasteiger partial charge in [-0.3, -0.25) is 4.57 Å². The summed E-state index contributed by atoms with van der Waals surface area (Å²) in [6.45, 7) is -1.52. The van der Waals surface area contributed by atoms with E-state index in [0.717, 1.165) is 10.8 Å². The summed E-state index contributed by atoms with van der Waals surface area (Å²) in [5.74, 6) is -0.0747. The monoisotopic (exact) mass is 291 g/mol. The van der Waals surface area contributed by atoms with E-state index in [1.165, 1.54) is 6.07 Å². The third-order valence-corrected chi connectivity index (χ3v) is 3.20. The maximum atomic E-state index is 12.3. The second kappa shape index (κ2) is 5.42. The standard InChI is InChI=1S/C10H14FN3O6/c11-19-4-10(8(17)7(16)5(3-15)20-10)14-2-1-6(12)13-9(14)18/h1-2,5,7-8,15-17H,3-4H2,(H2,12,13,18)/t5-,7-,8-,10-/m1/s1. The molecule has 112 valence electrons. The Bertz CT molecular complexity index is 540. The summed E-state index contributed by atoms with van der Waals surface area (Å²) in [6.07, 6.45) is -3.32. The van der Waals surface area contributed by atoms with Crippen LogP contribution in [-0.2, 0) is 15.4 Å². The number of nitrogen functional groups attached to an aromatic ring is 1. The lowest BCUT2D eigenvalue weighted by Crippen LogP contribution is -2.53. The van der Waals surface area contributed by atoms with Gasteiger partial charge in [0.2, 0.25) is 5.72 Å². The van der Waals surface area contributed by atoms with Crippen LogP contribution in [0.3, 0.4) is 0 Å². The minimum absolute atomic E-state index is 0.0747. The summed E-state index contributed by atoms with van der Waals surface area (Å²) in [7, 11) is 0. The number of anilines is 1. The van der Waals surface area contributed by atoms with E-state index in [1.54, 1.807) is 0 Å². The predicted octanol–water partition coefficient (Wildman–Crippen LogP) is -2.51. The molecule has 0 bridgehead atoms. The molecule has 1 fully saturated rings. The Morgan fingerprint density at radius 1 is 1.60 bits per heavy atom. The van der Waals surface area contributed by atoms with Gasteiger partial charge in [0.25, 0.3) is 0 Å². The fourth-order valence-corrected chi connectivity index (χ4v) is 2.19. The van der Waals surface area contributed by atoms with Crippen LogP contribution in [0, 0.1) is 0 Å². The molecule has 0 saturated carbocycles. The lowest BCUT2D eigenvalue weighted by molar-refractivity contribution is -0.246. The van der Waals surface area contributed by atoms with Crippen molar-refractivity contribution in [2.45, 2.75) is 24.0 Å². The fraction of sp³-hybridized carbons (Fsp3) is 0.600. The minimum atomic E-state index is -2.04. The van der Waals surface area contributed by atoms with Gasteiger partial charge in [0, 0.05) is 6.20 Å². The first-order valence-corrected chi connectivity index (χ1v) is 5.70. The number of hydrogen-bond acceptors (Lipinski definition) is 8. The lowest BCUT2D eigenvalue weighted by Gasteiger charge is -2.31. The molecule has 2 rings (SSSR count). The Morgan fingerprint density at radius 3 is 2.80 bits per heavy atom. The van der Waals surface area contributed by atoms with Gasteiger partial charge in [0.15, 0.2) is 0 Å². The van der Waals surface area contributed by atoms with E-state index in [1.807, 2.05) is 0 Å². The molecular weight excluding hydrogens is 277 g/mol. The number of ether oxygens (including phenoxy) is 1. The Kier molecular flexibility index (Phi) is 4.01. The first-order chi connectivity index (χ1) is 9.46. The van der Waals surface area contributed by atoms with Crippen molar-refractivity contribution in [1.29, 1.82) is 0 Å². The van der Waals surface area contributed by atoms with Crippen LogP contribution in [0.1, 0.15) is 0 Å². The van der Waals surface area contributed by atoms with Crippen molar-refractivity contribution in [3.8, 4) is 0 Å².